The van der Waals surface area contributed by atoms with Crippen molar-refractivity contribution in [2.75, 3.05) is 17.6 Å². The molecular formula is C16H17N3O3S. The number of rotatable bonds is 2. The molecule has 0 spiro atoms. The Hall–Kier alpha value is -2.41. The van der Waals surface area contributed by atoms with E-state index in [0.717, 1.165) is 16.8 Å². The maximum absolute atomic E-state index is 12.4. The van der Waals surface area contributed by atoms with Gasteiger partial charge in [-0.25, -0.2) is 8.42 Å². The highest BCUT2D eigenvalue weighted by atomic mass is 32.2. The molecule has 1 aromatic rings. The molecule has 2 aliphatic rings. The van der Waals surface area contributed by atoms with Gasteiger partial charge in [0.25, 0.3) is 15.9 Å². The molecule has 0 saturated heterocycles. The van der Waals surface area contributed by atoms with Crippen molar-refractivity contribution in [3.63, 3.8) is 0 Å². The number of amides is 1. The molecule has 0 bridgehead atoms. The highest BCUT2D eigenvalue weighted by molar-refractivity contribution is 7.90. The normalized spacial score (nSPS) is 18.8. The summed E-state index contributed by atoms with van der Waals surface area (Å²) in [6.45, 7) is 4.30. The number of aryl methyl sites for hydroxylation is 2. The molecule has 1 N–H and O–H groups in total. The molecule has 0 aliphatic carbocycles. The summed E-state index contributed by atoms with van der Waals surface area (Å²) in [5.74, 6) is 0.0587. The zero-order valence-electron chi connectivity index (χ0n) is 12.9. The van der Waals surface area contributed by atoms with Gasteiger partial charge in [0.2, 0.25) is 0 Å². The van der Waals surface area contributed by atoms with Crippen molar-refractivity contribution in [3.05, 3.63) is 53.3 Å². The van der Waals surface area contributed by atoms with Crippen molar-refractivity contribution in [2.24, 2.45) is 4.40 Å². The smallest absolute Gasteiger partial charge is 0.257 e. The lowest BCUT2D eigenvalue weighted by Gasteiger charge is -2.26. The summed E-state index contributed by atoms with van der Waals surface area (Å²) in [6, 6.07) is 5.73. The summed E-state index contributed by atoms with van der Waals surface area (Å²) in [4.78, 5) is 14.0. The Labute approximate surface area is 135 Å². The summed E-state index contributed by atoms with van der Waals surface area (Å²) in [7, 11) is -3.38. The molecule has 0 fully saturated rings. The largest absolute Gasteiger partial charge is 0.330 e. The number of carbonyl (C=O) groups excluding carboxylic acids is 1. The maximum Gasteiger partial charge on any atom is 0.257 e. The molecule has 0 unspecified atom stereocenters. The van der Waals surface area contributed by atoms with Crippen LogP contribution in [0.1, 0.15) is 11.1 Å². The van der Waals surface area contributed by atoms with Crippen LogP contribution in [0, 0.1) is 13.8 Å². The number of anilines is 1. The quantitative estimate of drug-likeness (QED) is 0.895. The Morgan fingerprint density at radius 2 is 2.00 bits per heavy atom. The molecule has 3 rings (SSSR count). The topological polar surface area (TPSA) is 78.8 Å². The van der Waals surface area contributed by atoms with E-state index < -0.39 is 10.0 Å². The van der Waals surface area contributed by atoms with Crippen LogP contribution in [0.5, 0.6) is 0 Å². The summed E-state index contributed by atoms with van der Waals surface area (Å²) >= 11 is 0. The number of hydrogen-bond donors (Lipinski definition) is 1. The van der Waals surface area contributed by atoms with Crippen molar-refractivity contribution in [1.82, 2.24) is 4.90 Å². The van der Waals surface area contributed by atoms with E-state index in [2.05, 4.69) is 9.71 Å². The first-order valence-electron chi connectivity index (χ1n) is 7.22. The standard InChI is InChI=1S/C16H17N3O3S/c1-11-3-5-14(9-12(11)2)17-16(20)13-4-6-15-18-23(21,22)8-7-19(15)10-13/h3-6,9-10H,7-8H2,1-2H3,(H,17,20). The predicted molar refractivity (Wildman–Crippen MR) is 89.7 cm³/mol. The second kappa shape index (κ2) is 5.66. The minimum absolute atomic E-state index is 0.0487. The van der Waals surface area contributed by atoms with Crippen LogP contribution in [0.25, 0.3) is 0 Å². The molecular weight excluding hydrogens is 314 g/mol. The lowest BCUT2D eigenvalue weighted by Crippen LogP contribution is -2.37. The number of fused-ring (bicyclic) bond motifs is 1. The maximum atomic E-state index is 12.4. The van der Waals surface area contributed by atoms with Gasteiger partial charge in [0.05, 0.1) is 11.3 Å². The Kier molecular flexibility index (Phi) is 3.81. The molecule has 0 radical (unpaired) electrons. The second-order valence-electron chi connectivity index (χ2n) is 5.60. The predicted octanol–water partition coefficient (Wildman–Crippen LogP) is 1.74. The fourth-order valence-corrected chi connectivity index (χ4v) is 3.33. The molecule has 0 atom stereocenters. The van der Waals surface area contributed by atoms with Gasteiger partial charge in [-0.1, -0.05) is 6.07 Å². The highest BCUT2D eigenvalue weighted by Crippen LogP contribution is 2.18. The molecule has 2 aliphatic heterocycles. The van der Waals surface area contributed by atoms with E-state index in [4.69, 9.17) is 0 Å². The fourth-order valence-electron chi connectivity index (χ4n) is 2.36. The molecule has 7 heteroatoms. The van der Waals surface area contributed by atoms with Crippen LogP contribution in [0.3, 0.4) is 0 Å². The third-order valence-corrected chi connectivity index (χ3v) is 5.01. The van der Waals surface area contributed by atoms with Gasteiger partial charge in [-0.15, -0.1) is 4.40 Å². The Morgan fingerprint density at radius 3 is 2.74 bits per heavy atom. The lowest BCUT2D eigenvalue weighted by atomic mass is 10.1. The molecule has 0 saturated carbocycles. The van der Waals surface area contributed by atoms with E-state index in [9.17, 15) is 13.2 Å². The van der Waals surface area contributed by atoms with E-state index in [1.54, 1.807) is 23.3 Å². The van der Waals surface area contributed by atoms with Crippen LogP contribution in [0.15, 0.2) is 46.5 Å². The fraction of sp³-hybridized carbons (Fsp3) is 0.250. The van der Waals surface area contributed by atoms with Crippen molar-refractivity contribution in [2.45, 2.75) is 13.8 Å². The Bertz CT molecular complexity index is 867. The number of nitrogens with one attached hydrogen (secondary N) is 1. The summed E-state index contributed by atoms with van der Waals surface area (Å²) < 4.78 is 26.6. The number of carbonyl (C=O) groups is 1. The molecule has 1 aromatic carbocycles. The second-order valence-corrected chi connectivity index (χ2v) is 7.35. The molecule has 1 amide bonds. The van der Waals surface area contributed by atoms with Gasteiger partial charge in [0.15, 0.2) is 0 Å². The third kappa shape index (κ3) is 3.34. The molecule has 120 valence electrons. The number of benzene rings is 1. The van der Waals surface area contributed by atoms with E-state index in [0.29, 0.717) is 18.0 Å². The monoisotopic (exact) mass is 331 g/mol. The third-order valence-electron chi connectivity index (χ3n) is 3.85. The highest BCUT2D eigenvalue weighted by Gasteiger charge is 2.24. The van der Waals surface area contributed by atoms with Gasteiger partial charge in [-0.3, -0.25) is 4.79 Å². The average molecular weight is 331 g/mol. The number of hydrogen-bond acceptors (Lipinski definition) is 4. The minimum atomic E-state index is -3.38. The zero-order chi connectivity index (χ0) is 16.6. The first-order chi connectivity index (χ1) is 10.8. The van der Waals surface area contributed by atoms with E-state index in [1.165, 1.54) is 0 Å². The Balaban J connectivity index is 1.78. The summed E-state index contributed by atoms with van der Waals surface area (Å²) in [5.41, 5.74) is 3.45. The van der Waals surface area contributed by atoms with Crippen LogP contribution in [0.4, 0.5) is 5.69 Å². The Morgan fingerprint density at radius 1 is 1.22 bits per heavy atom. The van der Waals surface area contributed by atoms with Crippen molar-refractivity contribution >= 4 is 27.5 Å². The minimum Gasteiger partial charge on any atom is -0.330 e. The van der Waals surface area contributed by atoms with Crippen LogP contribution >= 0.6 is 0 Å². The first-order valence-corrected chi connectivity index (χ1v) is 8.83. The van der Waals surface area contributed by atoms with E-state index >= 15 is 0 Å². The van der Waals surface area contributed by atoms with Crippen LogP contribution in [-0.4, -0.2) is 37.4 Å². The van der Waals surface area contributed by atoms with Crippen molar-refractivity contribution < 1.29 is 13.2 Å². The number of nitrogens with zero attached hydrogens (tertiary/aromatic N) is 2. The number of sulfonamides is 1. The lowest BCUT2D eigenvalue weighted by molar-refractivity contribution is -0.112. The SMILES string of the molecule is Cc1ccc(NC(=O)C2=CN3CCS(=O)(=O)N=C3C=C2)cc1C. The van der Waals surface area contributed by atoms with Crippen LogP contribution in [0.2, 0.25) is 0 Å². The van der Waals surface area contributed by atoms with Gasteiger partial charge in [-0.05, 0) is 49.3 Å². The van der Waals surface area contributed by atoms with Crippen LogP contribution in [-0.2, 0) is 14.8 Å². The molecule has 23 heavy (non-hydrogen) atoms. The summed E-state index contributed by atoms with van der Waals surface area (Å²) in [5, 5.41) is 2.85. The summed E-state index contributed by atoms with van der Waals surface area (Å²) in [6.07, 6.45) is 4.75. The van der Waals surface area contributed by atoms with Crippen molar-refractivity contribution in [1.29, 1.82) is 0 Å². The van der Waals surface area contributed by atoms with Crippen molar-refractivity contribution in [3.8, 4) is 0 Å². The molecule has 2 heterocycles. The van der Waals surface area contributed by atoms with Gasteiger partial charge < -0.3 is 10.2 Å². The van der Waals surface area contributed by atoms with Crippen LogP contribution < -0.4 is 5.32 Å². The van der Waals surface area contributed by atoms with Gasteiger partial charge in [0.1, 0.15) is 5.84 Å². The van der Waals surface area contributed by atoms with Gasteiger partial charge >= 0.3 is 0 Å². The van der Waals surface area contributed by atoms with E-state index in [1.807, 2.05) is 32.0 Å². The molecule has 0 aromatic heterocycles. The van der Waals surface area contributed by atoms with Gasteiger partial charge in [0, 0.05) is 18.4 Å². The van der Waals surface area contributed by atoms with Gasteiger partial charge in [-0.2, -0.15) is 0 Å². The zero-order valence-corrected chi connectivity index (χ0v) is 13.7. The molecule has 6 nitrogen and oxygen atoms in total. The first kappa shape index (κ1) is 15.5. The number of amidine groups is 1. The average Bonchev–Trinajstić information content (AvgIpc) is 2.49. The van der Waals surface area contributed by atoms with E-state index in [-0.39, 0.29) is 11.7 Å².